The second-order valence-electron chi connectivity index (χ2n) is 7.68. The largest absolute Gasteiger partial charge is 0.490 e. The molecule has 0 unspecified atom stereocenters. The maximum atomic E-state index is 13.2. The number of piperazine rings is 1. The molecule has 1 saturated heterocycles. The Morgan fingerprint density at radius 2 is 1.77 bits per heavy atom. The fourth-order valence-electron chi connectivity index (χ4n) is 3.83. The second kappa shape index (κ2) is 11.0. The fraction of sp³-hybridized carbons (Fsp3) is 0.458. The van der Waals surface area contributed by atoms with E-state index in [1.807, 2.05) is 47.4 Å². The van der Waals surface area contributed by atoms with E-state index in [1.54, 1.807) is 0 Å². The molecule has 1 atom stereocenters. The first-order valence-corrected chi connectivity index (χ1v) is 10.9. The van der Waals surface area contributed by atoms with Gasteiger partial charge in [-0.3, -0.25) is 0 Å². The van der Waals surface area contributed by atoms with Gasteiger partial charge in [-0.05, 0) is 37.8 Å². The topological polar surface area (TPSA) is 48.1 Å². The molecule has 1 aliphatic rings. The number of benzene rings is 2. The van der Waals surface area contributed by atoms with Crippen molar-refractivity contribution in [1.82, 2.24) is 14.7 Å². The number of para-hydroxylation sites is 2. The van der Waals surface area contributed by atoms with Crippen LogP contribution in [0.1, 0.15) is 25.5 Å². The Balaban J connectivity index is 1.69. The first-order valence-electron chi connectivity index (χ1n) is 10.9. The predicted molar refractivity (Wildman–Crippen MR) is 122 cm³/mol. The van der Waals surface area contributed by atoms with Gasteiger partial charge in [0, 0.05) is 26.2 Å². The minimum atomic E-state index is -0.0863. The summed E-state index contributed by atoms with van der Waals surface area (Å²) in [5, 5.41) is 3.09. The van der Waals surface area contributed by atoms with Crippen molar-refractivity contribution >= 4 is 11.7 Å². The summed E-state index contributed by atoms with van der Waals surface area (Å²) >= 11 is 0. The second-order valence-corrected chi connectivity index (χ2v) is 7.68. The monoisotopic (exact) mass is 410 g/mol. The Kier molecular flexibility index (Phi) is 8.11. The van der Waals surface area contributed by atoms with Gasteiger partial charge >= 0.3 is 6.03 Å². The molecule has 0 spiro atoms. The number of hydrogen-bond donors (Lipinski definition) is 1. The Hall–Kier alpha value is -2.57. The molecule has 162 valence electrons. The van der Waals surface area contributed by atoms with Gasteiger partial charge in [0.2, 0.25) is 0 Å². The zero-order chi connectivity index (χ0) is 21.3. The zero-order valence-corrected chi connectivity index (χ0v) is 18.4. The van der Waals surface area contributed by atoms with Gasteiger partial charge in [-0.15, -0.1) is 0 Å². The maximum absolute atomic E-state index is 13.2. The number of amides is 2. The molecule has 6 heteroatoms. The van der Waals surface area contributed by atoms with Crippen molar-refractivity contribution in [2.45, 2.75) is 19.9 Å². The van der Waals surface area contributed by atoms with E-state index >= 15 is 0 Å². The van der Waals surface area contributed by atoms with Crippen LogP contribution in [0.5, 0.6) is 5.75 Å². The lowest BCUT2D eigenvalue weighted by Crippen LogP contribution is -2.50. The number of carbonyl (C=O) groups excluding carboxylic acids is 1. The molecule has 2 amide bonds. The average molecular weight is 411 g/mol. The lowest BCUT2D eigenvalue weighted by Gasteiger charge is -2.40. The molecule has 0 radical (unpaired) electrons. The highest BCUT2D eigenvalue weighted by Gasteiger charge is 2.30. The molecule has 6 nitrogen and oxygen atoms in total. The number of nitrogens with zero attached hydrogens (tertiary/aromatic N) is 3. The number of rotatable bonds is 8. The summed E-state index contributed by atoms with van der Waals surface area (Å²) in [5.74, 6) is 0.711. The third-order valence-electron chi connectivity index (χ3n) is 5.72. The van der Waals surface area contributed by atoms with Crippen molar-refractivity contribution < 1.29 is 9.53 Å². The lowest BCUT2D eigenvalue weighted by atomic mass is 10.0. The molecule has 1 aliphatic heterocycles. The van der Waals surface area contributed by atoms with Crippen molar-refractivity contribution in [2.24, 2.45) is 0 Å². The van der Waals surface area contributed by atoms with Crippen LogP contribution in [0.3, 0.4) is 0 Å². The fourth-order valence-corrected chi connectivity index (χ4v) is 3.83. The third-order valence-corrected chi connectivity index (χ3v) is 5.72. The molecule has 2 aromatic rings. The number of nitrogens with one attached hydrogen (secondary N) is 1. The number of urea groups is 1. The van der Waals surface area contributed by atoms with Crippen LogP contribution in [0.4, 0.5) is 10.5 Å². The summed E-state index contributed by atoms with van der Waals surface area (Å²) < 4.78 is 6.00. The number of carbonyl (C=O) groups is 1. The molecule has 0 saturated carbocycles. The summed E-state index contributed by atoms with van der Waals surface area (Å²) in [5.41, 5.74) is 1.87. The molecule has 0 aliphatic carbocycles. The first-order chi connectivity index (χ1) is 14.6. The summed E-state index contributed by atoms with van der Waals surface area (Å²) in [7, 11) is 2.10. The van der Waals surface area contributed by atoms with Gasteiger partial charge < -0.3 is 24.8 Å². The molecule has 1 fully saturated rings. The van der Waals surface area contributed by atoms with Crippen molar-refractivity contribution in [3.8, 4) is 5.75 Å². The van der Waals surface area contributed by atoms with E-state index < -0.39 is 0 Å². The van der Waals surface area contributed by atoms with Crippen LogP contribution in [0.15, 0.2) is 54.6 Å². The van der Waals surface area contributed by atoms with Gasteiger partial charge in [-0.1, -0.05) is 56.3 Å². The van der Waals surface area contributed by atoms with Crippen LogP contribution >= 0.6 is 0 Å². The highest BCUT2D eigenvalue weighted by molar-refractivity contribution is 5.91. The first kappa shape index (κ1) is 22.1. The van der Waals surface area contributed by atoms with Crippen molar-refractivity contribution in [1.29, 1.82) is 0 Å². The number of ether oxygens (including phenoxy) is 1. The molecule has 3 rings (SSSR count). The summed E-state index contributed by atoms with van der Waals surface area (Å²) in [6.07, 6.45) is 0. The summed E-state index contributed by atoms with van der Waals surface area (Å²) in [6, 6.07) is 17.9. The molecule has 30 heavy (non-hydrogen) atoms. The molecule has 0 bridgehead atoms. The van der Waals surface area contributed by atoms with Crippen LogP contribution in [0.25, 0.3) is 0 Å². The van der Waals surface area contributed by atoms with Crippen LogP contribution in [-0.2, 0) is 0 Å². The zero-order valence-electron chi connectivity index (χ0n) is 18.4. The maximum Gasteiger partial charge on any atom is 0.322 e. The Labute approximate surface area is 180 Å². The summed E-state index contributed by atoms with van der Waals surface area (Å²) in [6.45, 7) is 10.1. The van der Waals surface area contributed by atoms with Gasteiger partial charge in [0.1, 0.15) is 12.4 Å². The number of anilines is 1. The van der Waals surface area contributed by atoms with E-state index in [9.17, 15) is 4.79 Å². The van der Waals surface area contributed by atoms with Gasteiger partial charge in [0.15, 0.2) is 0 Å². The molecule has 1 heterocycles. The van der Waals surface area contributed by atoms with E-state index in [0.29, 0.717) is 24.6 Å². The molecule has 0 aromatic heterocycles. The van der Waals surface area contributed by atoms with Crippen LogP contribution in [-0.4, -0.2) is 73.7 Å². The van der Waals surface area contributed by atoms with Crippen molar-refractivity contribution in [3.05, 3.63) is 60.2 Å². The van der Waals surface area contributed by atoms with Gasteiger partial charge in [0.25, 0.3) is 0 Å². The molecule has 2 aromatic carbocycles. The minimum Gasteiger partial charge on any atom is -0.490 e. The van der Waals surface area contributed by atoms with Gasteiger partial charge in [0.05, 0.1) is 11.7 Å². The Bertz CT molecular complexity index is 795. The van der Waals surface area contributed by atoms with Crippen LogP contribution in [0, 0.1) is 0 Å². The highest BCUT2D eigenvalue weighted by Crippen LogP contribution is 2.28. The summed E-state index contributed by atoms with van der Waals surface area (Å²) in [4.78, 5) is 19.7. The van der Waals surface area contributed by atoms with Crippen LogP contribution in [0.2, 0.25) is 0 Å². The Morgan fingerprint density at radius 1 is 1.07 bits per heavy atom. The van der Waals surface area contributed by atoms with E-state index in [0.717, 1.165) is 38.3 Å². The molecular formula is C24H34N4O2. The normalized spacial score (nSPS) is 17.2. The van der Waals surface area contributed by atoms with Gasteiger partial charge in [-0.2, -0.15) is 0 Å². The minimum absolute atomic E-state index is 0.0284. The highest BCUT2D eigenvalue weighted by atomic mass is 16.5. The lowest BCUT2D eigenvalue weighted by molar-refractivity contribution is 0.116. The third kappa shape index (κ3) is 5.74. The van der Waals surface area contributed by atoms with E-state index in [4.69, 9.17) is 4.74 Å². The van der Waals surface area contributed by atoms with Gasteiger partial charge in [-0.25, -0.2) is 4.79 Å². The van der Waals surface area contributed by atoms with E-state index in [1.165, 1.54) is 0 Å². The van der Waals surface area contributed by atoms with E-state index in [2.05, 4.69) is 48.1 Å². The quantitative estimate of drug-likeness (QED) is 0.716. The number of hydrogen-bond acceptors (Lipinski definition) is 4. The standard InChI is InChI=1S/C24H34N4O2/c1-4-27(5-2)17-18-30-23-14-10-9-13-21(23)25-24(29)28-16-15-26(3)19-22(28)20-11-7-6-8-12-20/h6-14,22H,4-5,15-19H2,1-3H3,(H,25,29)/t22-/m1/s1. The van der Waals surface area contributed by atoms with E-state index in [-0.39, 0.29) is 12.1 Å². The van der Waals surface area contributed by atoms with Crippen molar-refractivity contribution in [2.75, 3.05) is 58.2 Å². The molecule has 1 N–H and O–H groups in total. The predicted octanol–water partition coefficient (Wildman–Crippen LogP) is 3.93. The van der Waals surface area contributed by atoms with Crippen LogP contribution < -0.4 is 10.1 Å². The average Bonchev–Trinajstić information content (AvgIpc) is 2.78. The van der Waals surface area contributed by atoms with Crippen molar-refractivity contribution in [3.63, 3.8) is 0 Å². The number of likely N-dealkylation sites (N-methyl/N-ethyl adjacent to an activating group) is 2. The molecular weight excluding hydrogens is 376 g/mol. The Morgan fingerprint density at radius 3 is 2.50 bits per heavy atom. The SMILES string of the molecule is CCN(CC)CCOc1ccccc1NC(=O)N1CCN(C)C[C@@H]1c1ccccc1. The smallest absolute Gasteiger partial charge is 0.322 e.